The monoisotopic (exact) mass is 384 g/mol. The van der Waals surface area contributed by atoms with E-state index in [0.29, 0.717) is 35.5 Å². The summed E-state index contributed by atoms with van der Waals surface area (Å²) in [7, 11) is 1.57. The van der Waals surface area contributed by atoms with Crippen LogP contribution in [0.15, 0.2) is 30.3 Å². The number of benzene rings is 2. The van der Waals surface area contributed by atoms with Crippen molar-refractivity contribution in [2.45, 2.75) is 44.7 Å². The van der Waals surface area contributed by atoms with Crippen molar-refractivity contribution in [1.29, 1.82) is 0 Å². The highest BCUT2D eigenvalue weighted by atomic mass is 16.7. The highest BCUT2D eigenvalue weighted by Gasteiger charge is 2.42. The zero-order valence-corrected chi connectivity index (χ0v) is 16.2. The summed E-state index contributed by atoms with van der Waals surface area (Å²) in [5, 5.41) is 21.1. The molecular weight excluding hydrogens is 360 g/mol. The summed E-state index contributed by atoms with van der Waals surface area (Å²) in [6.45, 7) is 3.98. The van der Waals surface area contributed by atoms with Crippen LogP contribution >= 0.6 is 0 Å². The van der Waals surface area contributed by atoms with Crippen molar-refractivity contribution < 1.29 is 29.2 Å². The first-order valence-corrected chi connectivity index (χ1v) is 9.40. The molecule has 0 aromatic heterocycles. The number of hydrogen-bond donors (Lipinski definition) is 2. The van der Waals surface area contributed by atoms with E-state index in [9.17, 15) is 15.0 Å². The maximum Gasteiger partial charge on any atom is 0.185 e. The molecule has 0 saturated carbocycles. The van der Waals surface area contributed by atoms with Crippen LogP contribution in [0.5, 0.6) is 11.5 Å². The minimum Gasteiger partial charge on any atom is -0.508 e. The highest BCUT2D eigenvalue weighted by molar-refractivity contribution is 6.01. The fourth-order valence-corrected chi connectivity index (χ4v) is 4.29. The summed E-state index contributed by atoms with van der Waals surface area (Å²) in [4.78, 5) is 12.9. The van der Waals surface area contributed by atoms with Gasteiger partial charge in [-0.3, -0.25) is 4.79 Å². The maximum absolute atomic E-state index is 12.9. The summed E-state index contributed by atoms with van der Waals surface area (Å²) in [5.74, 6) is 0.377. The Balaban J connectivity index is 1.91. The zero-order chi connectivity index (χ0) is 20.1. The van der Waals surface area contributed by atoms with Gasteiger partial charge in [0, 0.05) is 41.7 Å². The second-order valence-corrected chi connectivity index (χ2v) is 7.57. The SMILES string of the molecule is CCO[C@@H]1O[C@@H](c2c(O)ccc3c2C(=O)C[C@](C)(O)C3)c2c(OC)cccc21. The summed E-state index contributed by atoms with van der Waals surface area (Å²) in [5.41, 5.74) is 2.00. The Hall–Kier alpha value is -2.41. The lowest BCUT2D eigenvalue weighted by molar-refractivity contribution is -0.148. The molecule has 6 heteroatoms. The first-order chi connectivity index (χ1) is 13.4. The molecule has 1 heterocycles. The van der Waals surface area contributed by atoms with Gasteiger partial charge in [-0.2, -0.15) is 0 Å². The van der Waals surface area contributed by atoms with Crippen LogP contribution in [0.4, 0.5) is 0 Å². The summed E-state index contributed by atoms with van der Waals surface area (Å²) in [6.07, 6.45) is -0.986. The lowest BCUT2D eigenvalue weighted by Gasteiger charge is -2.31. The van der Waals surface area contributed by atoms with Gasteiger partial charge in [0.2, 0.25) is 0 Å². The third kappa shape index (κ3) is 2.98. The largest absolute Gasteiger partial charge is 0.508 e. The van der Waals surface area contributed by atoms with Gasteiger partial charge < -0.3 is 24.4 Å². The molecule has 0 unspecified atom stereocenters. The molecule has 2 aromatic carbocycles. The van der Waals surface area contributed by atoms with Crippen molar-refractivity contribution in [2.24, 2.45) is 0 Å². The van der Waals surface area contributed by atoms with Crippen LogP contribution in [0.2, 0.25) is 0 Å². The van der Waals surface area contributed by atoms with Gasteiger partial charge in [0.25, 0.3) is 0 Å². The number of rotatable bonds is 4. The number of methoxy groups -OCH3 is 1. The van der Waals surface area contributed by atoms with Crippen LogP contribution in [0.1, 0.15) is 65.3 Å². The molecule has 2 aromatic rings. The van der Waals surface area contributed by atoms with Crippen molar-refractivity contribution in [3.8, 4) is 11.5 Å². The number of ether oxygens (including phenoxy) is 3. The van der Waals surface area contributed by atoms with E-state index >= 15 is 0 Å². The van der Waals surface area contributed by atoms with Gasteiger partial charge in [0.15, 0.2) is 12.1 Å². The third-order valence-corrected chi connectivity index (χ3v) is 5.38. The van der Waals surface area contributed by atoms with Crippen molar-refractivity contribution in [3.63, 3.8) is 0 Å². The zero-order valence-electron chi connectivity index (χ0n) is 16.2. The second-order valence-electron chi connectivity index (χ2n) is 7.57. The number of carbonyl (C=O) groups excluding carboxylic acids is 1. The average Bonchev–Trinajstić information content (AvgIpc) is 3.00. The van der Waals surface area contributed by atoms with Crippen LogP contribution in [-0.2, 0) is 15.9 Å². The topological polar surface area (TPSA) is 85.2 Å². The number of hydrogen-bond acceptors (Lipinski definition) is 6. The number of Topliss-reactive ketones (excluding diaryl/α,β-unsaturated/α-hetero) is 1. The standard InChI is InChI=1S/C22H24O6/c1-4-27-21-13-6-5-7-16(26-3)18(13)20(28-21)19-14(23)9-8-12-10-22(2,25)11-15(24)17(12)19/h5-9,20-21,23,25H,4,10-11H2,1-3H3/t20-,21-,22-/m1/s1. The number of carbonyl (C=O) groups is 1. The molecule has 0 radical (unpaired) electrons. The summed E-state index contributed by atoms with van der Waals surface area (Å²) >= 11 is 0. The van der Waals surface area contributed by atoms with E-state index in [-0.39, 0.29) is 18.0 Å². The van der Waals surface area contributed by atoms with Gasteiger partial charge in [0.1, 0.15) is 17.6 Å². The normalized spacial score (nSPS) is 26.1. The molecule has 0 fully saturated rings. The molecule has 0 saturated heterocycles. The lowest BCUT2D eigenvalue weighted by atomic mass is 9.77. The van der Waals surface area contributed by atoms with Gasteiger partial charge in [-0.05, 0) is 31.5 Å². The van der Waals surface area contributed by atoms with E-state index in [0.717, 1.165) is 11.1 Å². The summed E-state index contributed by atoms with van der Waals surface area (Å²) in [6, 6.07) is 8.82. The smallest absolute Gasteiger partial charge is 0.185 e. The lowest BCUT2D eigenvalue weighted by Crippen LogP contribution is -2.36. The molecule has 0 amide bonds. The number of ketones is 1. The number of phenolic OH excluding ortho intramolecular Hbond substituents is 1. The number of aromatic hydroxyl groups is 1. The molecule has 2 N–H and O–H groups in total. The Kier molecular flexibility index (Phi) is 4.65. The van der Waals surface area contributed by atoms with E-state index in [1.54, 1.807) is 26.2 Å². The minimum absolute atomic E-state index is 0.00313. The van der Waals surface area contributed by atoms with Crippen molar-refractivity contribution in [3.05, 3.63) is 58.1 Å². The van der Waals surface area contributed by atoms with Gasteiger partial charge in [0.05, 0.1) is 12.7 Å². The third-order valence-electron chi connectivity index (χ3n) is 5.38. The van der Waals surface area contributed by atoms with E-state index in [1.165, 1.54) is 0 Å². The number of aliphatic hydroxyl groups is 1. The Morgan fingerprint density at radius 3 is 2.71 bits per heavy atom. The minimum atomic E-state index is -1.10. The highest BCUT2D eigenvalue weighted by Crippen LogP contribution is 2.51. The predicted molar refractivity (Wildman–Crippen MR) is 102 cm³/mol. The molecule has 1 aliphatic heterocycles. The molecule has 1 aliphatic carbocycles. The van der Waals surface area contributed by atoms with E-state index in [2.05, 4.69) is 0 Å². The maximum atomic E-state index is 12.9. The second kappa shape index (κ2) is 6.88. The van der Waals surface area contributed by atoms with Crippen LogP contribution in [0, 0.1) is 0 Å². The van der Waals surface area contributed by atoms with Gasteiger partial charge in [-0.15, -0.1) is 0 Å². The summed E-state index contributed by atoms with van der Waals surface area (Å²) < 4.78 is 17.4. The average molecular weight is 384 g/mol. The van der Waals surface area contributed by atoms with Crippen LogP contribution in [-0.4, -0.2) is 35.3 Å². The van der Waals surface area contributed by atoms with Gasteiger partial charge in [-0.25, -0.2) is 0 Å². The Morgan fingerprint density at radius 2 is 2.00 bits per heavy atom. The Labute approximate surface area is 163 Å². The molecule has 4 rings (SSSR count). The van der Waals surface area contributed by atoms with E-state index < -0.39 is 18.0 Å². The van der Waals surface area contributed by atoms with Crippen molar-refractivity contribution in [1.82, 2.24) is 0 Å². The fourth-order valence-electron chi connectivity index (χ4n) is 4.29. The molecule has 28 heavy (non-hydrogen) atoms. The molecule has 3 atom stereocenters. The molecular formula is C22H24O6. The predicted octanol–water partition coefficient (Wildman–Crippen LogP) is 3.44. The number of fused-ring (bicyclic) bond motifs is 2. The molecule has 2 aliphatic rings. The van der Waals surface area contributed by atoms with Gasteiger partial charge >= 0.3 is 0 Å². The quantitative estimate of drug-likeness (QED) is 0.840. The van der Waals surface area contributed by atoms with E-state index in [4.69, 9.17) is 14.2 Å². The molecule has 6 nitrogen and oxygen atoms in total. The van der Waals surface area contributed by atoms with Crippen molar-refractivity contribution in [2.75, 3.05) is 13.7 Å². The molecule has 0 bridgehead atoms. The van der Waals surface area contributed by atoms with Crippen LogP contribution in [0.3, 0.4) is 0 Å². The molecule has 148 valence electrons. The fraction of sp³-hybridized carbons (Fsp3) is 0.409. The Morgan fingerprint density at radius 1 is 1.21 bits per heavy atom. The Bertz CT molecular complexity index is 933. The van der Waals surface area contributed by atoms with E-state index in [1.807, 2.05) is 25.1 Å². The van der Waals surface area contributed by atoms with Crippen LogP contribution < -0.4 is 4.74 Å². The van der Waals surface area contributed by atoms with Gasteiger partial charge in [-0.1, -0.05) is 18.2 Å². The van der Waals surface area contributed by atoms with Crippen LogP contribution in [0.25, 0.3) is 0 Å². The number of phenols is 1. The first-order valence-electron chi connectivity index (χ1n) is 9.40. The first kappa shape index (κ1) is 18.9. The van der Waals surface area contributed by atoms with Crippen molar-refractivity contribution >= 4 is 5.78 Å². The molecule has 0 spiro atoms.